The van der Waals surface area contributed by atoms with E-state index in [9.17, 15) is 4.55 Å². The molecule has 210 valence electrons. The zero-order valence-electron chi connectivity index (χ0n) is 23.4. The summed E-state index contributed by atoms with van der Waals surface area (Å²) in [5, 5.41) is 0. The fourth-order valence-electron chi connectivity index (χ4n) is 6.18. The molecule has 8 nitrogen and oxygen atoms in total. The van der Waals surface area contributed by atoms with E-state index in [1.165, 1.54) is 11.1 Å². The van der Waals surface area contributed by atoms with Crippen molar-refractivity contribution in [3.05, 3.63) is 84.6 Å². The molecule has 1 aliphatic carbocycles. The molecule has 1 saturated heterocycles. The van der Waals surface area contributed by atoms with Gasteiger partial charge in [0.25, 0.3) is 0 Å². The minimum atomic E-state index is -1.18. The Kier molecular flexibility index (Phi) is 6.69. The van der Waals surface area contributed by atoms with Crippen LogP contribution < -0.4 is 9.62 Å². The van der Waals surface area contributed by atoms with Crippen molar-refractivity contribution in [3.8, 4) is 0 Å². The van der Waals surface area contributed by atoms with E-state index >= 15 is 0 Å². The molecular formula is C31H33N7OS2. The van der Waals surface area contributed by atoms with Gasteiger partial charge in [0.2, 0.25) is 5.95 Å². The average Bonchev–Trinajstić information content (AvgIpc) is 3.60. The van der Waals surface area contributed by atoms with Gasteiger partial charge in [-0.25, -0.2) is 9.97 Å². The molecule has 10 heteroatoms. The Bertz CT molecular complexity index is 1700. The number of nitrogens with zero attached hydrogens (tertiary/aromatic N) is 6. The van der Waals surface area contributed by atoms with Crippen molar-refractivity contribution in [2.24, 2.45) is 5.41 Å². The Labute approximate surface area is 247 Å². The second-order valence-corrected chi connectivity index (χ2v) is 15.1. The van der Waals surface area contributed by atoms with Gasteiger partial charge in [0.05, 0.1) is 16.5 Å². The van der Waals surface area contributed by atoms with Gasteiger partial charge >= 0.3 is 0 Å². The number of benzene rings is 1. The van der Waals surface area contributed by atoms with Crippen molar-refractivity contribution in [2.45, 2.75) is 60.6 Å². The summed E-state index contributed by atoms with van der Waals surface area (Å²) in [6.45, 7) is 7.69. The smallest absolute Gasteiger partial charge is 0.211 e. The van der Waals surface area contributed by atoms with E-state index in [4.69, 9.17) is 9.97 Å². The molecule has 0 amide bonds. The van der Waals surface area contributed by atoms with Gasteiger partial charge in [-0.1, -0.05) is 36.0 Å². The first-order valence-electron chi connectivity index (χ1n) is 14.0. The topological polar surface area (TPSA) is 94.3 Å². The van der Waals surface area contributed by atoms with E-state index in [0.29, 0.717) is 0 Å². The molecule has 0 bridgehead atoms. The van der Waals surface area contributed by atoms with Gasteiger partial charge in [-0.2, -0.15) is 0 Å². The molecule has 2 aliphatic rings. The Morgan fingerprint density at radius 1 is 0.951 bits per heavy atom. The number of rotatable bonds is 5. The number of pyridine rings is 2. The first-order chi connectivity index (χ1) is 19.8. The summed E-state index contributed by atoms with van der Waals surface area (Å²) in [7, 11) is 0. The van der Waals surface area contributed by atoms with Crippen LogP contribution in [0.5, 0.6) is 0 Å². The zero-order chi connectivity index (χ0) is 28.2. The van der Waals surface area contributed by atoms with Crippen molar-refractivity contribution in [3.63, 3.8) is 0 Å². The lowest BCUT2D eigenvalue weighted by molar-refractivity contribution is 0.179. The van der Waals surface area contributed by atoms with E-state index in [1.807, 2.05) is 63.8 Å². The summed E-state index contributed by atoms with van der Waals surface area (Å²) in [6, 6.07) is 14.7. The number of fused-ring (bicyclic) bond motifs is 3. The monoisotopic (exact) mass is 583 g/mol. The largest absolute Gasteiger partial charge is 0.598 e. The number of anilines is 1. The molecule has 4 aromatic heterocycles. The van der Waals surface area contributed by atoms with Gasteiger partial charge in [0, 0.05) is 65.7 Å². The number of imidazole rings is 1. The molecule has 2 atom stereocenters. The van der Waals surface area contributed by atoms with Crippen LogP contribution in [0.4, 0.5) is 5.95 Å². The van der Waals surface area contributed by atoms with E-state index in [0.717, 1.165) is 64.8 Å². The lowest BCUT2D eigenvalue weighted by Crippen LogP contribution is -2.61. The van der Waals surface area contributed by atoms with E-state index in [1.54, 1.807) is 18.0 Å². The standard InChI is InChI=1S/C31H33N7OS2/c1-30(2,3)41(39)36-26-20-37(15-11-31(26)17-21-7-4-5-8-22(21)18-31)29-35-19-25(28-34-14-16-38(28)29)40-24-10-13-32-23-9-6-12-33-27(23)24/h4-10,12-14,16,19,26,36H,11,15,17-18,20H2,1-3H3. The maximum Gasteiger partial charge on any atom is 0.211 e. The summed E-state index contributed by atoms with van der Waals surface area (Å²) < 4.78 is 18.7. The Balaban J connectivity index is 1.20. The normalized spacial score (nSPS) is 19.2. The zero-order valence-corrected chi connectivity index (χ0v) is 25.1. The number of piperidine rings is 1. The maximum atomic E-state index is 13.4. The van der Waals surface area contributed by atoms with Crippen LogP contribution in [0.3, 0.4) is 0 Å². The van der Waals surface area contributed by atoms with Crippen LogP contribution in [0.15, 0.2) is 83.2 Å². The number of hydrogen-bond acceptors (Lipinski definition) is 8. The Hall–Kier alpha value is -3.18. The molecule has 2 unspecified atom stereocenters. The molecule has 5 heterocycles. The molecule has 5 aromatic rings. The highest BCUT2D eigenvalue weighted by molar-refractivity contribution is 7.99. The van der Waals surface area contributed by atoms with Crippen LogP contribution in [0.25, 0.3) is 16.7 Å². The SMILES string of the molecule is CC(C)(C)[S+]([O-])NC1CN(c2ncc(Sc3ccnc4cccnc34)c3nccn23)CCC12Cc1ccccc1C2. The van der Waals surface area contributed by atoms with Crippen LogP contribution >= 0.6 is 11.8 Å². The Morgan fingerprint density at radius 3 is 2.54 bits per heavy atom. The average molecular weight is 584 g/mol. The fraction of sp³-hybridized carbons (Fsp3) is 0.355. The van der Waals surface area contributed by atoms with E-state index in [2.05, 4.69) is 48.3 Å². The highest BCUT2D eigenvalue weighted by atomic mass is 32.2. The highest BCUT2D eigenvalue weighted by Crippen LogP contribution is 2.46. The third-order valence-electron chi connectivity index (χ3n) is 8.37. The van der Waals surface area contributed by atoms with Crippen molar-refractivity contribution >= 4 is 45.8 Å². The van der Waals surface area contributed by atoms with Crippen molar-refractivity contribution in [2.75, 3.05) is 18.0 Å². The molecule has 1 aromatic carbocycles. The lowest BCUT2D eigenvalue weighted by Gasteiger charge is -2.46. The summed E-state index contributed by atoms with van der Waals surface area (Å²) in [5.74, 6) is 0.860. The predicted molar refractivity (Wildman–Crippen MR) is 165 cm³/mol. The summed E-state index contributed by atoms with van der Waals surface area (Å²) in [6.07, 6.45) is 12.3. The highest BCUT2D eigenvalue weighted by Gasteiger charge is 2.50. The third kappa shape index (κ3) is 4.86. The van der Waals surface area contributed by atoms with Crippen molar-refractivity contribution in [1.29, 1.82) is 0 Å². The fourth-order valence-corrected chi connectivity index (χ4v) is 8.08. The van der Waals surface area contributed by atoms with Gasteiger partial charge < -0.3 is 9.45 Å². The lowest BCUT2D eigenvalue weighted by atomic mass is 9.72. The minimum absolute atomic E-state index is 0.0281. The van der Waals surface area contributed by atoms with Gasteiger partial charge in [-0.05, 0) is 69.4 Å². The van der Waals surface area contributed by atoms with Crippen LogP contribution in [0, 0.1) is 5.41 Å². The second-order valence-electron chi connectivity index (χ2n) is 12.1. The predicted octanol–water partition coefficient (Wildman–Crippen LogP) is 5.24. The minimum Gasteiger partial charge on any atom is -0.598 e. The molecule has 1 fully saturated rings. The van der Waals surface area contributed by atoms with E-state index < -0.39 is 11.4 Å². The molecule has 1 aliphatic heterocycles. The maximum absolute atomic E-state index is 13.4. The molecule has 0 saturated carbocycles. The van der Waals surface area contributed by atoms with Gasteiger partial charge in [0.1, 0.15) is 10.3 Å². The molecular weight excluding hydrogens is 551 g/mol. The van der Waals surface area contributed by atoms with Crippen LogP contribution in [0.2, 0.25) is 0 Å². The quantitative estimate of drug-likeness (QED) is 0.281. The summed E-state index contributed by atoms with van der Waals surface area (Å²) >= 11 is 0.426. The summed E-state index contributed by atoms with van der Waals surface area (Å²) in [5.41, 5.74) is 5.46. The van der Waals surface area contributed by atoms with Crippen molar-refractivity contribution < 1.29 is 4.55 Å². The third-order valence-corrected chi connectivity index (χ3v) is 11.0. The first kappa shape index (κ1) is 26.7. The number of nitrogens with one attached hydrogen (secondary N) is 1. The summed E-state index contributed by atoms with van der Waals surface area (Å²) in [4.78, 5) is 23.0. The van der Waals surface area contributed by atoms with Crippen molar-refractivity contribution in [1.82, 2.24) is 29.1 Å². The Morgan fingerprint density at radius 2 is 1.76 bits per heavy atom. The number of hydrogen-bond donors (Lipinski definition) is 1. The van der Waals surface area contributed by atoms with Gasteiger partial charge in [-0.3, -0.25) is 14.4 Å². The number of aromatic nitrogens is 5. The van der Waals surface area contributed by atoms with E-state index in [-0.39, 0.29) is 16.2 Å². The second kappa shape index (κ2) is 10.3. The molecule has 0 radical (unpaired) electrons. The van der Waals surface area contributed by atoms with Gasteiger partial charge in [0.15, 0.2) is 5.65 Å². The van der Waals surface area contributed by atoms with Crippen LogP contribution in [0.1, 0.15) is 38.3 Å². The van der Waals surface area contributed by atoms with Gasteiger partial charge in [-0.15, -0.1) is 4.72 Å². The molecule has 1 N–H and O–H groups in total. The van der Waals surface area contributed by atoms with Crippen LogP contribution in [-0.4, -0.2) is 52.8 Å². The van der Waals surface area contributed by atoms with Crippen LogP contribution in [-0.2, 0) is 24.2 Å². The molecule has 41 heavy (non-hydrogen) atoms. The molecule has 7 rings (SSSR count). The molecule has 1 spiro atoms. The first-order valence-corrected chi connectivity index (χ1v) is 16.0.